The maximum Gasteiger partial charge on any atom is 0.236 e. The van der Waals surface area contributed by atoms with E-state index in [0.717, 1.165) is 49.0 Å². The number of carbonyl (C=O) groups excluding carboxylic acids is 2. The number of carbonyl (C=O) groups is 2. The number of halogens is 1. The van der Waals surface area contributed by atoms with Crippen LogP contribution in [0, 0.1) is 28.7 Å². The van der Waals surface area contributed by atoms with Crippen LogP contribution in [0.2, 0.25) is 5.02 Å². The third-order valence-electron chi connectivity index (χ3n) is 6.39. The lowest BCUT2D eigenvalue weighted by atomic mass is 9.79. The predicted octanol–water partition coefficient (Wildman–Crippen LogP) is 3.91. The van der Waals surface area contributed by atoms with Crippen LogP contribution in [0.5, 0.6) is 0 Å². The van der Waals surface area contributed by atoms with Crippen LogP contribution < -0.4 is 10.6 Å². The van der Waals surface area contributed by atoms with Crippen molar-refractivity contribution in [1.82, 2.24) is 20.1 Å². The number of hydrogen-bond donors (Lipinski definition) is 2. The van der Waals surface area contributed by atoms with Gasteiger partial charge in [-0.3, -0.25) is 19.6 Å². The lowest BCUT2D eigenvalue weighted by molar-refractivity contribution is -0.126. The molecule has 0 radical (unpaired) electrons. The first-order valence-corrected chi connectivity index (χ1v) is 11.3. The molecule has 1 aliphatic heterocycles. The van der Waals surface area contributed by atoms with Gasteiger partial charge in [-0.05, 0) is 43.1 Å². The fraction of sp³-hybridized carbons (Fsp3) is 0.522. The van der Waals surface area contributed by atoms with Gasteiger partial charge < -0.3 is 5.32 Å². The van der Waals surface area contributed by atoms with Crippen LogP contribution >= 0.6 is 11.6 Å². The van der Waals surface area contributed by atoms with Gasteiger partial charge in [-0.25, -0.2) is 4.98 Å². The van der Waals surface area contributed by atoms with Gasteiger partial charge in [-0.2, -0.15) is 10.4 Å². The normalized spacial score (nSPS) is 21.4. The van der Waals surface area contributed by atoms with E-state index in [9.17, 15) is 9.59 Å². The second kappa shape index (κ2) is 8.91. The van der Waals surface area contributed by atoms with E-state index in [4.69, 9.17) is 16.9 Å². The van der Waals surface area contributed by atoms with E-state index in [-0.39, 0.29) is 29.1 Å². The van der Waals surface area contributed by atoms with E-state index >= 15 is 0 Å². The molecule has 2 aromatic rings. The zero-order valence-electron chi connectivity index (χ0n) is 18.3. The summed E-state index contributed by atoms with van der Waals surface area (Å²) in [5.74, 6) is -0.0561. The minimum absolute atomic E-state index is 0.103. The monoisotopic (exact) mass is 454 g/mol. The summed E-state index contributed by atoms with van der Waals surface area (Å²) in [6, 6.07) is 1.80. The quantitative estimate of drug-likeness (QED) is 0.525. The Labute approximate surface area is 192 Å². The highest BCUT2D eigenvalue weighted by atomic mass is 35.5. The maximum atomic E-state index is 12.7. The van der Waals surface area contributed by atoms with E-state index in [1.165, 1.54) is 0 Å². The largest absolute Gasteiger partial charge is 0.311 e. The third-order valence-corrected chi connectivity index (χ3v) is 6.69. The second-order valence-corrected chi connectivity index (χ2v) is 10.0. The maximum absolute atomic E-state index is 12.7. The van der Waals surface area contributed by atoms with E-state index in [1.54, 1.807) is 18.5 Å². The van der Waals surface area contributed by atoms with Crippen molar-refractivity contribution in [2.45, 2.75) is 58.9 Å². The summed E-state index contributed by atoms with van der Waals surface area (Å²) in [5, 5.41) is 18.8. The number of aromatic nitrogens is 3. The molecule has 1 saturated carbocycles. The first kappa shape index (κ1) is 22.3. The van der Waals surface area contributed by atoms with Crippen molar-refractivity contribution >= 4 is 29.2 Å². The number of pyridine rings is 1. The molecule has 2 aromatic heterocycles. The standard InChI is InChI=1S/C23H27ClN6O2/c1-23(2)9-19-17(10-28-30(19)12-23)16-8-20(26-11-18(16)24)29-21(31)7-14-4-3-5-15(6-14)22(32)27-13-25/h8,10-11,14-15H,3-7,9,12H2,1-2H3,(H,27,32)(H,26,29,31)/t14?,15-/m1/s1. The molecule has 1 unspecified atom stereocenters. The summed E-state index contributed by atoms with van der Waals surface area (Å²) in [5.41, 5.74) is 3.07. The minimum Gasteiger partial charge on any atom is -0.311 e. The molecular weight excluding hydrogens is 428 g/mol. The Morgan fingerprint density at radius 1 is 1.31 bits per heavy atom. The van der Waals surface area contributed by atoms with Crippen molar-refractivity contribution < 1.29 is 9.59 Å². The summed E-state index contributed by atoms with van der Waals surface area (Å²) in [4.78, 5) is 28.9. The van der Waals surface area contributed by atoms with Gasteiger partial charge in [-0.15, -0.1) is 0 Å². The van der Waals surface area contributed by atoms with Crippen LogP contribution in [-0.2, 0) is 22.6 Å². The molecular formula is C23H27ClN6O2. The minimum atomic E-state index is -0.251. The Kier molecular flexibility index (Phi) is 6.20. The van der Waals surface area contributed by atoms with E-state index in [2.05, 4.69) is 34.6 Å². The SMILES string of the molecule is CC1(C)Cc2c(-c3cc(NC(=O)CC4CCC[C@@H](C(=O)NC#N)C4)ncc3Cl)cnn2C1. The number of anilines is 1. The Balaban J connectivity index is 1.43. The molecule has 1 fully saturated rings. The first-order chi connectivity index (χ1) is 15.3. The van der Waals surface area contributed by atoms with Crippen molar-refractivity contribution in [3.8, 4) is 17.3 Å². The number of nitrogens with one attached hydrogen (secondary N) is 2. The average Bonchev–Trinajstić information content (AvgIpc) is 3.24. The van der Waals surface area contributed by atoms with E-state index in [1.807, 2.05) is 10.9 Å². The highest BCUT2D eigenvalue weighted by molar-refractivity contribution is 6.33. The lowest BCUT2D eigenvalue weighted by Crippen LogP contribution is -2.32. The molecule has 2 aliphatic rings. The zero-order valence-corrected chi connectivity index (χ0v) is 19.1. The molecule has 1 aliphatic carbocycles. The van der Waals surface area contributed by atoms with Crippen molar-refractivity contribution in [3.63, 3.8) is 0 Å². The second-order valence-electron chi connectivity index (χ2n) is 9.64. The summed E-state index contributed by atoms with van der Waals surface area (Å²) >= 11 is 6.45. The molecule has 0 aromatic carbocycles. The number of nitrogens with zero attached hydrogens (tertiary/aromatic N) is 4. The van der Waals surface area contributed by atoms with Gasteiger partial charge in [0.25, 0.3) is 0 Å². The molecule has 2 N–H and O–H groups in total. The van der Waals surface area contributed by atoms with Gasteiger partial charge in [-0.1, -0.05) is 31.9 Å². The van der Waals surface area contributed by atoms with Crippen molar-refractivity contribution in [3.05, 3.63) is 29.2 Å². The smallest absolute Gasteiger partial charge is 0.236 e. The number of fused-ring (bicyclic) bond motifs is 1. The van der Waals surface area contributed by atoms with Crippen LogP contribution in [0.25, 0.3) is 11.1 Å². The Bertz CT molecular complexity index is 1090. The number of hydrogen-bond acceptors (Lipinski definition) is 5. The van der Waals surface area contributed by atoms with Crippen LogP contribution in [0.3, 0.4) is 0 Å². The van der Waals surface area contributed by atoms with Gasteiger partial charge in [0.2, 0.25) is 11.8 Å². The number of amides is 2. The highest BCUT2D eigenvalue weighted by Gasteiger charge is 2.32. The summed E-state index contributed by atoms with van der Waals surface area (Å²) in [6.45, 7) is 5.29. The highest BCUT2D eigenvalue weighted by Crippen LogP contribution is 2.39. The topological polar surface area (TPSA) is 113 Å². The molecule has 2 atom stereocenters. The van der Waals surface area contributed by atoms with Gasteiger partial charge in [0.1, 0.15) is 5.82 Å². The van der Waals surface area contributed by atoms with Crippen molar-refractivity contribution in [2.75, 3.05) is 5.32 Å². The summed E-state index contributed by atoms with van der Waals surface area (Å²) in [7, 11) is 0. The van der Waals surface area contributed by atoms with Gasteiger partial charge >= 0.3 is 0 Å². The molecule has 0 saturated heterocycles. The van der Waals surface area contributed by atoms with E-state index in [0.29, 0.717) is 23.7 Å². The molecule has 4 rings (SSSR count). The fourth-order valence-corrected chi connectivity index (χ4v) is 5.12. The zero-order chi connectivity index (χ0) is 22.9. The van der Waals surface area contributed by atoms with Crippen LogP contribution in [0.15, 0.2) is 18.5 Å². The summed E-state index contributed by atoms with van der Waals surface area (Å²) in [6.07, 6.45) is 9.41. The van der Waals surface area contributed by atoms with Crippen LogP contribution in [0.4, 0.5) is 5.82 Å². The molecule has 8 nitrogen and oxygen atoms in total. The van der Waals surface area contributed by atoms with Gasteiger partial charge in [0.15, 0.2) is 6.19 Å². The molecule has 9 heteroatoms. The molecule has 3 heterocycles. The average molecular weight is 455 g/mol. The lowest BCUT2D eigenvalue weighted by Gasteiger charge is -2.27. The first-order valence-electron chi connectivity index (χ1n) is 10.9. The Morgan fingerprint density at radius 2 is 2.12 bits per heavy atom. The predicted molar refractivity (Wildman–Crippen MR) is 120 cm³/mol. The van der Waals surface area contributed by atoms with E-state index < -0.39 is 0 Å². The third kappa shape index (κ3) is 4.78. The molecule has 2 amide bonds. The Morgan fingerprint density at radius 3 is 2.91 bits per heavy atom. The number of rotatable bonds is 5. The Hall–Kier alpha value is -2.92. The van der Waals surface area contributed by atoms with Crippen molar-refractivity contribution in [1.29, 1.82) is 5.26 Å². The number of nitriles is 1. The molecule has 32 heavy (non-hydrogen) atoms. The molecule has 0 spiro atoms. The van der Waals surface area contributed by atoms with Gasteiger partial charge in [0, 0.05) is 41.9 Å². The van der Waals surface area contributed by atoms with Gasteiger partial charge in [0.05, 0.1) is 11.2 Å². The molecule has 0 bridgehead atoms. The van der Waals surface area contributed by atoms with Crippen LogP contribution in [-0.4, -0.2) is 26.6 Å². The van der Waals surface area contributed by atoms with Crippen LogP contribution in [0.1, 0.15) is 51.6 Å². The summed E-state index contributed by atoms with van der Waals surface area (Å²) < 4.78 is 2.02. The molecule has 168 valence electrons. The fourth-order valence-electron chi connectivity index (χ4n) is 4.91. The van der Waals surface area contributed by atoms with Crippen molar-refractivity contribution in [2.24, 2.45) is 17.3 Å².